The van der Waals surface area contributed by atoms with Crippen LogP contribution < -0.4 is 0 Å². The summed E-state index contributed by atoms with van der Waals surface area (Å²) >= 11 is 0. The summed E-state index contributed by atoms with van der Waals surface area (Å²) in [4.78, 5) is 0. The molecule has 108 valence electrons. The van der Waals surface area contributed by atoms with Crippen LogP contribution in [0.3, 0.4) is 0 Å². The fraction of sp³-hybridized carbons (Fsp3) is 0.600. The highest BCUT2D eigenvalue weighted by Crippen LogP contribution is 2.44. The minimum absolute atomic E-state index is 0.941. The van der Waals surface area contributed by atoms with Gasteiger partial charge in [0.2, 0.25) is 0 Å². The molecule has 2 aliphatic carbocycles. The average molecular weight is 268 g/mol. The predicted molar refractivity (Wildman–Crippen MR) is 86.4 cm³/mol. The lowest BCUT2D eigenvalue weighted by Gasteiger charge is -2.36. The maximum absolute atomic E-state index is 2.42. The zero-order valence-electron chi connectivity index (χ0n) is 13.1. The first-order chi connectivity index (χ1) is 9.72. The Labute approximate surface area is 125 Å². The first kappa shape index (κ1) is 14.2. The van der Waals surface area contributed by atoms with Crippen molar-refractivity contribution in [2.75, 3.05) is 0 Å². The molecule has 2 radical (unpaired) electrons. The summed E-state index contributed by atoms with van der Waals surface area (Å²) in [5.41, 5.74) is 2.87. The first-order valence-electron chi connectivity index (χ1n) is 8.48. The molecule has 0 N–H and O–H groups in total. The first-order valence-corrected chi connectivity index (χ1v) is 8.48. The molecule has 0 spiro atoms. The molecule has 0 aromatic heterocycles. The van der Waals surface area contributed by atoms with Crippen LogP contribution in [-0.2, 0) is 0 Å². The minimum atomic E-state index is 0.941. The van der Waals surface area contributed by atoms with Crippen LogP contribution in [0.1, 0.15) is 69.4 Å². The van der Waals surface area contributed by atoms with Crippen molar-refractivity contribution < 1.29 is 0 Å². The third-order valence-corrected chi connectivity index (χ3v) is 5.54. The van der Waals surface area contributed by atoms with Crippen molar-refractivity contribution in [2.45, 2.75) is 65.2 Å². The van der Waals surface area contributed by atoms with Crippen LogP contribution in [0, 0.1) is 30.6 Å². The van der Waals surface area contributed by atoms with Gasteiger partial charge in [-0.2, -0.15) is 0 Å². The second kappa shape index (κ2) is 6.33. The standard InChI is InChI=1S/C20H28/c1-15-3-7-17(8-4-15)19-11-13-20(14-12-19)18-9-5-16(2)6-10-18/h3-4,7-8,16,20H,5-6,9-14H2,1-2H3. The van der Waals surface area contributed by atoms with Gasteiger partial charge in [-0.3, -0.25) is 0 Å². The van der Waals surface area contributed by atoms with Gasteiger partial charge in [0, 0.05) is 5.92 Å². The molecular formula is C20H28. The average Bonchev–Trinajstić information content (AvgIpc) is 2.49. The van der Waals surface area contributed by atoms with Gasteiger partial charge in [0.15, 0.2) is 0 Å². The van der Waals surface area contributed by atoms with E-state index < -0.39 is 0 Å². The van der Waals surface area contributed by atoms with Gasteiger partial charge in [-0.15, -0.1) is 0 Å². The van der Waals surface area contributed by atoms with Gasteiger partial charge in [0.25, 0.3) is 0 Å². The fourth-order valence-corrected chi connectivity index (χ4v) is 3.99. The summed E-state index contributed by atoms with van der Waals surface area (Å²) in [7, 11) is 0. The molecule has 0 heterocycles. The van der Waals surface area contributed by atoms with Crippen molar-refractivity contribution in [1.29, 1.82) is 0 Å². The van der Waals surface area contributed by atoms with Crippen LogP contribution in [0.25, 0.3) is 0 Å². The Hall–Kier alpha value is -0.780. The summed E-state index contributed by atoms with van der Waals surface area (Å²) in [6, 6.07) is 9.15. The van der Waals surface area contributed by atoms with Crippen molar-refractivity contribution in [3.8, 4) is 0 Å². The number of hydrogen-bond acceptors (Lipinski definition) is 0. The second-order valence-corrected chi connectivity index (χ2v) is 7.08. The van der Waals surface area contributed by atoms with E-state index in [1.807, 2.05) is 5.92 Å². The van der Waals surface area contributed by atoms with Gasteiger partial charge in [0.1, 0.15) is 0 Å². The predicted octanol–water partition coefficient (Wildman–Crippen LogP) is 5.89. The molecule has 2 aliphatic rings. The van der Waals surface area contributed by atoms with Gasteiger partial charge in [-0.05, 0) is 68.8 Å². The lowest BCUT2D eigenvalue weighted by Crippen LogP contribution is -2.23. The highest BCUT2D eigenvalue weighted by atomic mass is 14.4. The third kappa shape index (κ3) is 3.27. The molecule has 3 rings (SSSR count). The highest BCUT2D eigenvalue weighted by Gasteiger charge is 2.30. The monoisotopic (exact) mass is 268 g/mol. The summed E-state index contributed by atoms with van der Waals surface area (Å²) in [6.07, 6.45) is 11.2. The molecule has 1 aromatic carbocycles. The summed E-state index contributed by atoms with van der Waals surface area (Å²) in [5, 5.41) is 0. The topological polar surface area (TPSA) is 0 Å². The van der Waals surface area contributed by atoms with Gasteiger partial charge < -0.3 is 0 Å². The molecule has 1 aromatic rings. The van der Waals surface area contributed by atoms with E-state index in [2.05, 4.69) is 38.1 Å². The molecule has 2 fully saturated rings. The number of benzene rings is 1. The van der Waals surface area contributed by atoms with E-state index in [0.29, 0.717) is 0 Å². The number of hydrogen-bond donors (Lipinski definition) is 0. The smallest absolute Gasteiger partial charge is 0.00500 e. The highest BCUT2D eigenvalue weighted by molar-refractivity contribution is 5.33. The van der Waals surface area contributed by atoms with Gasteiger partial charge in [-0.1, -0.05) is 49.6 Å². The Balaban J connectivity index is 1.53. The van der Waals surface area contributed by atoms with Crippen molar-refractivity contribution in [3.63, 3.8) is 0 Å². The lowest BCUT2D eigenvalue weighted by molar-refractivity contribution is 0.307. The Morgan fingerprint density at radius 2 is 1.40 bits per heavy atom. The van der Waals surface area contributed by atoms with Gasteiger partial charge in [-0.25, -0.2) is 0 Å². The Morgan fingerprint density at radius 1 is 0.800 bits per heavy atom. The number of rotatable bonds is 2. The zero-order chi connectivity index (χ0) is 13.9. The van der Waals surface area contributed by atoms with Crippen molar-refractivity contribution in [1.82, 2.24) is 0 Å². The van der Waals surface area contributed by atoms with E-state index in [1.54, 1.807) is 5.92 Å². The maximum atomic E-state index is 2.42. The Bertz CT molecular complexity index is 400. The van der Waals surface area contributed by atoms with Crippen LogP contribution in [-0.4, -0.2) is 0 Å². The normalized spacial score (nSPS) is 24.1. The lowest BCUT2D eigenvalue weighted by atomic mass is 9.68. The second-order valence-electron chi connectivity index (χ2n) is 7.08. The van der Waals surface area contributed by atoms with E-state index >= 15 is 0 Å². The molecule has 0 amide bonds. The molecule has 0 saturated heterocycles. The van der Waals surface area contributed by atoms with Crippen LogP contribution in [0.5, 0.6) is 0 Å². The molecule has 0 bridgehead atoms. The Kier molecular flexibility index (Phi) is 4.48. The van der Waals surface area contributed by atoms with Crippen molar-refractivity contribution in [3.05, 3.63) is 47.2 Å². The third-order valence-electron chi connectivity index (χ3n) is 5.54. The summed E-state index contributed by atoms with van der Waals surface area (Å²) in [5.74, 6) is 5.52. The van der Waals surface area contributed by atoms with Crippen LogP contribution in [0.2, 0.25) is 0 Å². The fourth-order valence-electron chi connectivity index (χ4n) is 3.99. The zero-order valence-corrected chi connectivity index (χ0v) is 13.1. The van der Waals surface area contributed by atoms with Gasteiger partial charge in [0.05, 0.1) is 0 Å². The van der Waals surface area contributed by atoms with E-state index in [-0.39, 0.29) is 0 Å². The van der Waals surface area contributed by atoms with Crippen LogP contribution >= 0.6 is 0 Å². The molecular weight excluding hydrogens is 240 g/mol. The molecule has 0 heteroatoms. The SMILES string of the molecule is Cc1ccc([C]2CCC([C]3CCC(C)CC3)CC2)cc1. The van der Waals surface area contributed by atoms with Gasteiger partial charge >= 0.3 is 0 Å². The van der Waals surface area contributed by atoms with Crippen LogP contribution in [0.4, 0.5) is 0 Å². The van der Waals surface area contributed by atoms with Crippen molar-refractivity contribution >= 4 is 0 Å². The van der Waals surface area contributed by atoms with Crippen LogP contribution in [0.15, 0.2) is 24.3 Å². The maximum Gasteiger partial charge on any atom is 0.00500 e. The minimum Gasteiger partial charge on any atom is -0.0625 e. The summed E-state index contributed by atoms with van der Waals surface area (Å²) < 4.78 is 0. The van der Waals surface area contributed by atoms with E-state index in [9.17, 15) is 0 Å². The van der Waals surface area contributed by atoms with E-state index in [0.717, 1.165) is 11.8 Å². The van der Waals surface area contributed by atoms with E-state index in [4.69, 9.17) is 0 Å². The Morgan fingerprint density at radius 3 is 2.00 bits per heavy atom. The number of aryl methyl sites for hydroxylation is 1. The molecule has 0 nitrogen and oxygen atoms in total. The van der Waals surface area contributed by atoms with E-state index in [1.165, 1.54) is 62.5 Å². The molecule has 0 aliphatic heterocycles. The molecule has 20 heavy (non-hydrogen) atoms. The molecule has 2 saturated carbocycles. The quantitative estimate of drug-likeness (QED) is 0.627. The summed E-state index contributed by atoms with van der Waals surface area (Å²) in [6.45, 7) is 4.59. The molecule has 0 unspecified atom stereocenters. The largest absolute Gasteiger partial charge is 0.0625 e. The van der Waals surface area contributed by atoms with Crippen molar-refractivity contribution in [2.24, 2.45) is 11.8 Å². The molecule has 0 atom stereocenters.